The number of aromatic nitrogens is 2. The van der Waals surface area contributed by atoms with E-state index in [9.17, 15) is 4.39 Å². The average Bonchev–Trinajstić information content (AvgIpc) is 2.37. The lowest BCUT2D eigenvalue weighted by atomic mass is 10.4. The van der Waals surface area contributed by atoms with Gasteiger partial charge in [0.05, 0.1) is 25.2 Å². The Balaban J connectivity index is 2.56. The highest BCUT2D eigenvalue weighted by Crippen LogP contribution is 1.99. The van der Waals surface area contributed by atoms with Crippen LogP contribution in [0.4, 0.5) is 4.39 Å². The van der Waals surface area contributed by atoms with Crippen LogP contribution in [-0.2, 0) is 11.3 Å². The molecule has 0 aliphatic rings. The van der Waals surface area contributed by atoms with Gasteiger partial charge in [-0.15, -0.1) is 0 Å². The topological polar surface area (TPSA) is 27.1 Å². The van der Waals surface area contributed by atoms with Crippen molar-refractivity contribution in [2.75, 3.05) is 7.11 Å². The molecule has 4 heteroatoms. The van der Waals surface area contributed by atoms with Crippen LogP contribution in [0.15, 0.2) is 12.5 Å². The highest BCUT2D eigenvalue weighted by atomic mass is 19.1. The smallest absolute Gasteiger partial charge is 0.213 e. The van der Waals surface area contributed by atoms with E-state index in [1.165, 1.54) is 17.1 Å². The van der Waals surface area contributed by atoms with Gasteiger partial charge >= 0.3 is 0 Å². The Morgan fingerprint density at radius 1 is 1.82 bits per heavy atom. The Kier molecular flexibility index (Phi) is 2.59. The van der Waals surface area contributed by atoms with E-state index in [2.05, 4.69) is 4.98 Å². The Labute approximate surface area is 64.8 Å². The molecule has 1 rings (SSSR count). The molecule has 62 valence electrons. The monoisotopic (exact) mass is 158 g/mol. The number of rotatable bonds is 3. The first kappa shape index (κ1) is 8.20. The molecule has 0 N–H and O–H groups in total. The molecule has 0 fully saturated rings. The van der Waals surface area contributed by atoms with Crippen molar-refractivity contribution in [3.63, 3.8) is 0 Å². The van der Waals surface area contributed by atoms with E-state index in [0.29, 0.717) is 6.54 Å². The van der Waals surface area contributed by atoms with E-state index < -0.39 is 0 Å². The van der Waals surface area contributed by atoms with Crippen molar-refractivity contribution < 1.29 is 9.13 Å². The van der Waals surface area contributed by atoms with Gasteiger partial charge in [-0.1, -0.05) is 0 Å². The van der Waals surface area contributed by atoms with Gasteiger partial charge in [0, 0.05) is 7.11 Å². The second-order valence-corrected chi connectivity index (χ2v) is 2.42. The maximum Gasteiger partial charge on any atom is 0.213 e. The van der Waals surface area contributed by atoms with Crippen molar-refractivity contribution in [2.45, 2.75) is 19.6 Å². The summed E-state index contributed by atoms with van der Waals surface area (Å²) in [4.78, 5) is 3.64. The number of nitrogens with zero attached hydrogens (tertiary/aromatic N) is 2. The van der Waals surface area contributed by atoms with E-state index in [-0.39, 0.29) is 12.1 Å². The first-order chi connectivity index (χ1) is 5.24. The number of ether oxygens (including phenoxy) is 1. The van der Waals surface area contributed by atoms with Gasteiger partial charge in [0.1, 0.15) is 0 Å². The largest absolute Gasteiger partial charge is 0.380 e. The Hall–Kier alpha value is -0.900. The number of imidazole rings is 1. The SMILES string of the molecule is CO[C@@H](C)Cn1cncc1F. The van der Waals surface area contributed by atoms with E-state index in [1.807, 2.05) is 6.92 Å². The summed E-state index contributed by atoms with van der Waals surface area (Å²) in [6.07, 6.45) is 2.64. The van der Waals surface area contributed by atoms with Gasteiger partial charge in [0.25, 0.3) is 0 Å². The molecule has 0 amide bonds. The second kappa shape index (κ2) is 3.48. The van der Waals surface area contributed by atoms with Crippen LogP contribution >= 0.6 is 0 Å². The normalized spacial score (nSPS) is 13.4. The second-order valence-electron chi connectivity index (χ2n) is 2.42. The molecule has 1 aromatic heterocycles. The molecule has 0 saturated carbocycles. The molecule has 1 heterocycles. The fourth-order valence-electron chi connectivity index (χ4n) is 0.791. The van der Waals surface area contributed by atoms with Gasteiger partial charge in [-0.25, -0.2) is 4.98 Å². The van der Waals surface area contributed by atoms with Crippen LogP contribution in [0.25, 0.3) is 0 Å². The number of hydrogen-bond donors (Lipinski definition) is 0. The molecule has 0 aliphatic carbocycles. The molecule has 0 saturated heterocycles. The maximum atomic E-state index is 12.7. The van der Waals surface area contributed by atoms with Crippen LogP contribution in [-0.4, -0.2) is 22.8 Å². The predicted octanol–water partition coefficient (Wildman–Crippen LogP) is 1.06. The van der Waals surface area contributed by atoms with Gasteiger partial charge < -0.3 is 9.30 Å². The van der Waals surface area contributed by atoms with Gasteiger partial charge in [-0.3, -0.25) is 0 Å². The molecule has 3 nitrogen and oxygen atoms in total. The Morgan fingerprint density at radius 2 is 2.55 bits per heavy atom. The van der Waals surface area contributed by atoms with Gasteiger partial charge in [0.15, 0.2) is 0 Å². The summed E-state index contributed by atoms with van der Waals surface area (Å²) in [5, 5.41) is 0. The first-order valence-corrected chi connectivity index (χ1v) is 3.42. The summed E-state index contributed by atoms with van der Waals surface area (Å²) in [5.74, 6) is -0.325. The Bertz CT molecular complexity index is 224. The van der Waals surface area contributed by atoms with Crippen molar-refractivity contribution in [1.82, 2.24) is 9.55 Å². The summed E-state index contributed by atoms with van der Waals surface area (Å²) in [6.45, 7) is 2.38. The molecule has 0 bridgehead atoms. The average molecular weight is 158 g/mol. The van der Waals surface area contributed by atoms with Crippen LogP contribution in [0.5, 0.6) is 0 Å². The molecule has 0 aromatic carbocycles. The summed E-state index contributed by atoms with van der Waals surface area (Å²) >= 11 is 0. The molecule has 0 aliphatic heterocycles. The zero-order valence-corrected chi connectivity index (χ0v) is 6.62. The molecular formula is C7H11FN2O. The third kappa shape index (κ3) is 2.01. The van der Waals surface area contributed by atoms with E-state index in [4.69, 9.17) is 4.74 Å². The standard InChI is InChI=1S/C7H11FN2O/c1-6(11-2)4-10-5-9-3-7(10)8/h3,5-6H,4H2,1-2H3/t6-/m0/s1. The van der Waals surface area contributed by atoms with Crippen LogP contribution in [0, 0.1) is 5.95 Å². The molecular weight excluding hydrogens is 147 g/mol. The minimum atomic E-state index is -0.325. The highest BCUT2D eigenvalue weighted by molar-refractivity contribution is 4.79. The van der Waals surface area contributed by atoms with Crippen molar-refractivity contribution in [2.24, 2.45) is 0 Å². The third-order valence-electron chi connectivity index (χ3n) is 1.52. The van der Waals surface area contributed by atoms with Crippen LogP contribution in [0.2, 0.25) is 0 Å². The minimum absolute atomic E-state index is 0.0127. The quantitative estimate of drug-likeness (QED) is 0.657. The van der Waals surface area contributed by atoms with Gasteiger partial charge in [0.2, 0.25) is 5.95 Å². The number of hydrogen-bond acceptors (Lipinski definition) is 2. The van der Waals surface area contributed by atoms with Crippen LogP contribution < -0.4 is 0 Å². The van der Waals surface area contributed by atoms with E-state index in [1.54, 1.807) is 7.11 Å². The van der Waals surface area contributed by atoms with Crippen molar-refractivity contribution >= 4 is 0 Å². The van der Waals surface area contributed by atoms with Gasteiger partial charge in [-0.2, -0.15) is 4.39 Å². The summed E-state index contributed by atoms with van der Waals surface area (Å²) in [7, 11) is 1.60. The van der Waals surface area contributed by atoms with Gasteiger partial charge in [-0.05, 0) is 6.92 Å². The van der Waals surface area contributed by atoms with Crippen molar-refractivity contribution in [3.05, 3.63) is 18.5 Å². The lowest BCUT2D eigenvalue weighted by Crippen LogP contribution is -2.15. The molecule has 1 atom stereocenters. The third-order valence-corrected chi connectivity index (χ3v) is 1.52. The lowest BCUT2D eigenvalue weighted by Gasteiger charge is -2.09. The maximum absolute atomic E-state index is 12.7. The Morgan fingerprint density at radius 3 is 3.00 bits per heavy atom. The molecule has 0 unspecified atom stereocenters. The lowest BCUT2D eigenvalue weighted by molar-refractivity contribution is 0.1000. The summed E-state index contributed by atoms with van der Waals surface area (Å²) in [6, 6.07) is 0. The minimum Gasteiger partial charge on any atom is -0.380 e. The fourth-order valence-corrected chi connectivity index (χ4v) is 0.791. The van der Waals surface area contributed by atoms with E-state index in [0.717, 1.165) is 0 Å². The summed E-state index contributed by atoms with van der Waals surface area (Å²) < 4.78 is 19.1. The van der Waals surface area contributed by atoms with E-state index >= 15 is 0 Å². The fraction of sp³-hybridized carbons (Fsp3) is 0.571. The van der Waals surface area contributed by atoms with Crippen LogP contribution in [0.1, 0.15) is 6.92 Å². The zero-order chi connectivity index (χ0) is 8.27. The molecule has 11 heavy (non-hydrogen) atoms. The number of halogens is 1. The zero-order valence-electron chi connectivity index (χ0n) is 6.62. The number of methoxy groups -OCH3 is 1. The molecule has 0 radical (unpaired) electrons. The first-order valence-electron chi connectivity index (χ1n) is 3.42. The van der Waals surface area contributed by atoms with Crippen molar-refractivity contribution in [3.8, 4) is 0 Å². The predicted molar refractivity (Wildman–Crippen MR) is 38.7 cm³/mol. The molecule has 1 aromatic rings. The van der Waals surface area contributed by atoms with Crippen molar-refractivity contribution in [1.29, 1.82) is 0 Å². The van der Waals surface area contributed by atoms with Crippen LogP contribution in [0.3, 0.4) is 0 Å². The highest BCUT2D eigenvalue weighted by Gasteiger charge is 2.04. The summed E-state index contributed by atoms with van der Waals surface area (Å²) in [5.41, 5.74) is 0. The molecule has 0 spiro atoms.